The number of rotatable bonds is 8. The Kier molecular flexibility index (Phi) is 7.71. The lowest BCUT2D eigenvalue weighted by Crippen LogP contribution is -2.33. The van der Waals surface area contributed by atoms with E-state index in [0.717, 1.165) is 30.6 Å². The van der Waals surface area contributed by atoms with Crippen molar-refractivity contribution in [1.29, 1.82) is 0 Å². The number of nitrogens with zero attached hydrogens (tertiary/aromatic N) is 4. The fraction of sp³-hybridized carbons (Fsp3) is 0.455. The normalized spacial score (nSPS) is 27.7. The minimum atomic E-state index is -4.83. The first kappa shape index (κ1) is 27.7. The number of aromatic nitrogens is 3. The Morgan fingerprint density at radius 1 is 1.13 bits per heavy atom. The third-order valence-corrected chi connectivity index (χ3v) is 10.3. The number of ether oxygens (including phenoxy) is 1. The van der Waals surface area contributed by atoms with Crippen molar-refractivity contribution in [2.75, 3.05) is 24.0 Å². The van der Waals surface area contributed by atoms with Gasteiger partial charge in [0.15, 0.2) is 16.7 Å². The maximum atomic E-state index is 12.0. The van der Waals surface area contributed by atoms with Crippen LogP contribution in [0.25, 0.3) is 5.65 Å². The summed E-state index contributed by atoms with van der Waals surface area (Å²) in [6.07, 6.45) is -2.05. The number of benzene rings is 1. The molecule has 0 bridgehead atoms. The molecule has 2 fully saturated rings. The maximum Gasteiger partial charge on any atom is 0.340 e. The van der Waals surface area contributed by atoms with E-state index in [0.29, 0.717) is 5.65 Å². The van der Waals surface area contributed by atoms with E-state index in [1.165, 1.54) is 10.7 Å². The lowest BCUT2D eigenvalue weighted by molar-refractivity contribution is -0.0204. The summed E-state index contributed by atoms with van der Waals surface area (Å²) in [5.41, 5.74) is 2.66. The van der Waals surface area contributed by atoms with Gasteiger partial charge in [0.2, 0.25) is 0 Å². The number of fused-ring (bicyclic) bond motifs is 1. The number of aliphatic hydroxyl groups is 2. The van der Waals surface area contributed by atoms with Crippen molar-refractivity contribution in [1.82, 2.24) is 14.6 Å². The lowest BCUT2D eigenvalue weighted by atomic mass is 10.0. The predicted molar refractivity (Wildman–Crippen MR) is 136 cm³/mol. The van der Waals surface area contributed by atoms with Gasteiger partial charge in [-0.15, -0.1) is 0 Å². The van der Waals surface area contributed by atoms with Crippen LogP contribution in [0.4, 0.5) is 5.69 Å². The van der Waals surface area contributed by atoms with Crippen LogP contribution < -0.4 is 4.90 Å². The molecule has 2 aromatic heterocycles. The molecule has 1 aromatic carbocycles. The van der Waals surface area contributed by atoms with Crippen LogP contribution in [0.15, 0.2) is 42.6 Å². The Balaban J connectivity index is 1.41. The van der Waals surface area contributed by atoms with Gasteiger partial charge in [-0.1, -0.05) is 41.9 Å². The van der Waals surface area contributed by atoms with E-state index in [1.807, 2.05) is 18.2 Å². The Hall–Kier alpha value is -1.89. The van der Waals surface area contributed by atoms with Crippen LogP contribution >= 0.6 is 26.8 Å². The fourth-order valence-electron chi connectivity index (χ4n) is 5.02. The molecule has 5 rings (SSSR count). The minimum Gasteiger partial charge on any atom is -0.387 e. The average molecular weight is 589 g/mol. The summed E-state index contributed by atoms with van der Waals surface area (Å²) in [5, 5.41) is 25.7. The van der Waals surface area contributed by atoms with Gasteiger partial charge in [-0.2, -0.15) is 5.10 Å². The molecule has 0 amide bonds. The average Bonchev–Trinajstić information content (AvgIpc) is 3.55. The molecular weight excluding hydrogens is 562 g/mol. The summed E-state index contributed by atoms with van der Waals surface area (Å²) < 4.78 is 35.0. The molecule has 2 aliphatic heterocycles. The van der Waals surface area contributed by atoms with Gasteiger partial charge in [-0.3, -0.25) is 9.13 Å². The van der Waals surface area contributed by atoms with Crippen LogP contribution in [0, 0.1) is 0 Å². The highest BCUT2D eigenvalue weighted by Gasteiger charge is 2.46. The second-order valence-corrected chi connectivity index (χ2v) is 13.7. The van der Waals surface area contributed by atoms with Crippen LogP contribution in [0.1, 0.15) is 36.2 Å². The number of hydrogen-bond acceptors (Lipinski definition) is 9. The predicted octanol–water partition coefficient (Wildman–Crippen LogP) is 2.22. The van der Waals surface area contributed by atoms with Crippen LogP contribution in [-0.4, -0.2) is 76.9 Å². The molecule has 0 saturated carbocycles. The SMILES string of the molecule is O=P(O)(O)CP(=O)(O)OC[C@H]1O[C@@H](c2cnc3c(N4CCC[C@H]4c4ccccc4)cc(Cl)nn23)[C@H](O)[C@@H]1O. The van der Waals surface area contributed by atoms with E-state index >= 15 is 0 Å². The van der Waals surface area contributed by atoms with Crippen molar-refractivity contribution in [2.45, 2.75) is 43.3 Å². The molecule has 16 heteroatoms. The zero-order chi connectivity index (χ0) is 27.2. The fourth-order valence-corrected chi connectivity index (χ4v) is 7.76. The molecule has 2 saturated heterocycles. The van der Waals surface area contributed by atoms with E-state index in [2.05, 4.69) is 27.1 Å². The summed E-state index contributed by atoms with van der Waals surface area (Å²) in [6.45, 7) is 0.0828. The van der Waals surface area contributed by atoms with Crippen LogP contribution in [0.3, 0.4) is 0 Å². The second kappa shape index (κ2) is 10.6. The van der Waals surface area contributed by atoms with Gasteiger partial charge in [-0.25, -0.2) is 9.50 Å². The van der Waals surface area contributed by atoms with Gasteiger partial charge in [0.25, 0.3) is 0 Å². The number of anilines is 1. The molecule has 0 spiro atoms. The summed E-state index contributed by atoms with van der Waals surface area (Å²) in [4.78, 5) is 34.4. The van der Waals surface area contributed by atoms with Crippen LogP contribution in [0.5, 0.6) is 0 Å². The van der Waals surface area contributed by atoms with Crippen molar-refractivity contribution in [3.05, 3.63) is 59.0 Å². The van der Waals surface area contributed by atoms with Crippen molar-refractivity contribution in [3.8, 4) is 0 Å². The molecule has 38 heavy (non-hydrogen) atoms. The molecule has 1 unspecified atom stereocenters. The zero-order valence-electron chi connectivity index (χ0n) is 19.9. The second-order valence-electron chi connectivity index (χ2n) is 9.35. The third-order valence-electron chi connectivity index (χ3n) is 6.65. The quantitative estimate of drug-likeness (QED) is 0.242. The Morgan fingerprint density at radius 2 is 1.87 bits per heavy atom. The summed E-state index contributed by atoms with van der Waals surface area (Å²) in [6, 6.07) is 11.9. The summed E-state index contributed by atoms with van der Waals surface area (Å²) in [5.74, 6) is -1.38. The molecule has 2 aliphatic rings. The van der Waals surface area contributed by atoms with Crippen molar-refractivity contribution in [3.63, 3.8) is 0 Å². The standard InChI is InChI=1S/C22H27ClN4O9P2/c23-18-9-15(26-8-4-7-14(26)13-5-2-1-3-6-13)22-24-10-16(27(22)25-18)21-20(29)19(28)17(36-21)11-35-38(33,34)12-37(30,31)32/h1-3,5-6,9-10,14,17,19-21,28-29H,4,7-8,11-12H2,(H,33,34)(H2,30,31,32)/t14-,17+,19+,20+,21-/m0/s1. The zero-order valence-corrected chi connectivity index (χ0v) is 22.4. The van der Waals surface area contributed by atoms with Gasteiger partial charge in [0.1, 0.15) is 24.4 Å². The van der Waals surface area contributed by atoms with Gasteiger partial charge >= 0.3 is 15.2 Å². The molecule has 0 aliphatic carbocycles. The number of halogens is 1. The lowest BCUT2D eigenvalue weighted by Gasteiger charge is -2.27. The maximum absolute atomic E-state index is 12.0. The highest BCUT2D eigenvalue weighted by Crippen LogP contribution is 2.55. The van der Waals surface area contributed by atoms with E-state index in [1.54, 1.807) is 6.07 Å². The van der Waals surface area contributed by atoms with Gasteiger partial charge < -0.3 is 39.1 Å². The van der Waals surface area contributed by atoms with Gasteiger partial charge in [-0.05, 0) is 18.4 Å². The van der Waals surface area contributed by atoms with E-state index in [4.69, 9.17) is 30.6 Å². The molecule has 206 valence electrons. The first-order chi connectivity index (χ1) is 17.9. The van der Waals surface area contributed by atoms with E-state index < -0.39 is 52.1 Å². The Morgan fingerprint density at radius 3 is 2.58 bits per heavy atom. The largest absolute Gasteiger partial charge is 0.387 e. The first-order valence-corrected chi connectivity index (χ1v) is 15.8. The van der Waals surface area contributed by atoms with E-state index in [-0.39, 0.29) is 16.9 Å². The summed E-state index contributed by atoms with van der Waals surface area (Å²) >= 11 is 6.40. The number of hydrogen-bond donors (Lipinski definition) is 5. The third kappa shape index (κ3) is 5.68. The topological polar surface area (TPSA) is 187 Å². The Bertz CT molecular complexity index is 1400. The Labute approximate surface area is 222 Å². The highest BCUT2D eigenvalue weighted by molar-refractivity contribution is 7.70. The minimum absolute atomic E-state index is 0.109. The molecule has 3 aromatic rings. The van der Waals surface area contributed by atoms with Crippen LogP contribution in [0.2, 0.25) is 5.15 Å². The monoisotopic (exact) mass is 588 g/mol. The molecule has 4 heterocycles. The van der Waals surface area contributed by atoms with Gasteiger partial charge in [0.05, 0.1) is 30.2 Å². The van der Waals surface area contributed by atoms with Crippen molar-refractivity contribution in [2.24, 2.45) is 0 Å². The highest BCUT2D eigenvalue weighted by atomic mass is 35.5. The molecule has 5 N–H and O–H groups in total. The first-order valence-electron chi connectivity index (χ1n) is 11.8. The molecule has 13 nitrogen and oxygen atoms in total. The molecule has 6 atom stereocenters. The van der Waals surface area contributed by atoms with E-state index in [9.17, 15) is 24.2 Å². The van der Waals surface area contributed by atoms with Crippen molar-refractivity contribution >= 4 is 38.1 Å². The van der Waals surface area contributed by atoms with Gasteiger partial charge in [0, 0.05) is 12.6 Å². The summed E-state index contributed by atoms with van der Waals surface area (Å²) in [7, 11) is -9.50. The van der Waals surface area contributed by atoms with Crippen molar-refractivity contribution < 1.29 is 43.3 Å². The van der Waals surface area contributed by atoms with Crippen LogP contribution in [-0.2, 0) is 18.4 Å². The number of imidazole rings is 1. The number of aliphatic hydroxyl groups excluding tert-OH is 2. The smallest absolute Gasteiger partial charge is 0.340 e. The molecule has 0 radical (unpaired) electrons. The molecular formula is C22H27ClN4O9P2.